The van der Waals surface area contributed by atoms with Crippen molar-refractivity contribution in [1.29, 1.82) is 0 Å². The smallest absolute Gasteiger partial charge is 0.309 e. The summed E-state index contributed by atoms with van der Waals surface area (Å²) in [5, 5.41) is 9.73. The van der Waals surface area contributed by atoms with Gasteiger partial charge in [0.15, 0.2) is 0 Å². The number of benzene rings is 1. The van der Waals surface area contributed by atoms with Gasteiger partial charge in [-0.25, -0.2) is 0 Å². The summed E-state index contributed by atoms with van der Waals surface area (Å²) in [4.78, 5) is 24.3. The second-order valence-electron chi connectivity index (χ2n) is 6.72. The number of carbonyl (C=O) groups is 2. The molecule has 2 aromatic rings. The Labute approximate surface area is 157 Å². The lowest BCUT2D eigenvalue weighted by Crippen LogP contribution is -2.45. The summed E-state index contributed by atoms with van der Waals surface area (Å²) in [7, 11) is 1.59. The Balaban J connectivity index is 1.53. The van der Waals surface area contributed by atoms with Crippen molar-refractivity contribution >= 4 is 23.2 Å². The van der Waals surface area contributed by atoms with E-state index in [4.69, 9.17) is 4.74 Å². The van der Waals surface area contributed by atoms with E-state index in [9.17, 15) is 9.59 Å². The summed E-state index contributed by atoms with van der Waals surface area (Å²) in [6.07, 6.45) is 4.42. The van der Waals surface area contributed by atoms with Crippen LogP contribution >= 0.6 is 11.3 Å². The zero-order chi connectivity index (χ0) is 18.4. The van der Waals surface area contributed by atoms with Gasteiger partial charge < -0.3 is 15.4 Å². The van der Waals surface area contributed by atoms with Gasteiger partial charge in [-0.2, -0.15) is 11.3 Å². The second kappa shape index (κ2) is 8.36. The van der Waals surface area contributed by atoms with Crippen molar-refractivity contribution in [2.45, 2.75) is 37.6 Å². The molecule has 0 saturated heterocycles. The fraction of sp³-hybridized carbons (Fsp3) is 0.400. The zero-order valence-corrected chi connectivity index (χ0v) is 15.7. The van der Waals surface area contributed by atoms with Crippen LogP contribution in [0.15, 0.2) is 41.1 Å². The second-order valence-corrected chi connectivity index (χ2v) is 7.50. The molecule has 1 aromatic heterocycles. The van der Waals surface area contributed by atoms with Gasteiger partial charge in [-0.15, -0.1) is 0 Å². The number of methoxy groups -OCH3 is 1. The van der Waals surface area contributed by atoms with E-state index in [1.54, 1.807) is 18.4 Å². The third kappa shape index (κ3) is 4.25. The third-order valence-electron chi connectivity index (χ3n) is 5.07. The van der Waals surface area contributed by atoms with Crippen LogP contribution in [0.2, 0.25) is 0 Å². The highest BCUT2D eigenvalue weighted by Crippen LogP contribution is 2.41. The molecule has 1 fully saturated rings. The first-order valence-corrected chi connectivity index (χ1v) is 9.79. The van der Waals surface area contributed by atoms with Crippen molar-refractivity contribution in [2.24, 2.45) is 0 Å². The Bertz CT molecular complexity index is 752. The lowest BCUT2D eigenvalue weighted by atomic mass is 9.80. The van der Waals surface area contributed by atoms with Crippen LogP contribution in [0, 0.1) is 0 Å². The number of ether oxygens (including phenoxy) is 1. The maximum Gasteiger partial charge on any atom is 0.309 e. The molecule has 1 heterocycles. The van der Waals surface area contributed by atoms with Crippen LogP contribution in [-0.2, 0) is 21.5 Å². The van der Waals surface area contributed by atoms with Gasteiger partial charge >= 0.3 is 11.8 Å². The van der Waals surface area contributed by atoms with Crippen LogP contribution in [0.5, 0.6) is 5.75 Å². The Kier molecular flexibility index (Phi) is 5.93. The molecule has 2 N–H and O–H groups in total. The van der Waals surface area contributed by atoms with E-state index < -0.39 is 11.8 Å². The van der Waals surface area contributed by atoms with E-state index in [1.807, 2.05) is 24.3 Å². The quantitative estimate of drug-likeness (QED) is 0.766. The van der Waals surface area contributed by atoms with E-state index in [0.717, 1.165) is 37.0 Å². The molecule has 26 heavy (non-hydrogen) atoms. The van der Waals surface area contributed by atoms with Gasteiger partial charge in [0.05, 0.1) is 7.11 Å². The van der Waals surface area contributed by atoms with Gasteiger partial charge in [-0.3, -0.25) is 9.59 Å². The minimum Gasteiger partial charge on any atom is -0.497 e. The molecule has 138 valence electrons. The monoisotopic (exact) mass is 372 g/mol. The summed E-state index contributed by atoms with van der Waals surface area (Å²) in [5.74, 6) is -0.458. The van der Waals surface area contributed by atoms with Crippen LogP contribution in [0.3, 0.4) is 0 Å². The molecule has 0 aliphatic heterocycles. The topological polar surface area (TPSA) is 67.4 Å². The number of nitrogens with one attached hydrogen (secondary N) is 2. The van der Waals surface area contributed by atoms with Crippen molar-refractivity contribution in [1.82, 2.24) is 10.6 Å². The Morgan fingerprint density at radius 2 is 1.92 bits per heavy atom. The van der Waals surface area contributed by atoms with Crippen LogP contribution in [0.1, 0.15) is 36.8 Å². The molecule has 0 spiro atoms. The molecule has 1 aliphatic carbocycles. The number of hydrogen-bond acceptors (Lipinski definition) is 4. The highest BCUT2D eigenvalue weighted by Gasteiger charge is 2.36. The summed E-state index contributed by atoms with van der Waals surface area (Å²) in [5.41, 5.74) is 2.14. The molecule has 2 amide bonds. The van der Waals surface area contributed by atoms with Gasteiger partial charge in [0, 0.05) is 18.5 Å². The molecule has 6 heteroatoms. The zero-order valence-electron chi connectivity index (χ0n) is 14.9. The summed E-state index contributed by atoms with van der Waals surface area (Å²) < 4.78 is 5.16. The molecule has 3 rings (SSSR count). The minimum atomic E-state index is -0.605. The van der Waals surface area contributed by atoms with Gasteiger partial charge in [0.1, 0.15) is 5.75 Å². The average molecular weight is 372 g/mol. The molecule has 0 unspecified atom stereocenters. The number of hydrogen-bond donors (Lipinski definition) is 2. The molecule has 0 radical (unpaired) electrons. The van der Waals surface area contributed by atoms with Crippen molar-refractivity contribution < 1.29 is 14.3 Å². The van der Waals surface area contributed by atoms with Crippen molar-refractivity contribution in [3.05, 3.63) is 52.2 Å². The van der Waals surface area contributed by atoms with Crippen LogP contribution in [0.4, 0.5) is 0 Å². The highest BCUT2D eigenvalue weighted by molar-refractivity contribution is 7.08. The number of amides is 2. The van der Waals surface area contributed by atoms with Gasteiger partial charge in [0.2, 0.25) is 0 Å². The van der Waals surface area contributed by atoms with Gasteiger partial charge in [-0.05, 0) is 52.9 Å². The van der Waals surface area contributed by atoms with E-state index in [2.05, 4.69) is 27.5 Å². The molecular weight excluding hydrogens is 348 g/mol. The van der Waals surface area contributed by atoms with Gasteiger partial charge in [-0.1, -0.05) is 25.0 Å². The van der Waals surface area contributed by atoms with E-state index in [1.165, 1.54) is 5.56 Å². The first-order valence-electron chi connectivity index (χ1n) is 8.85. The predicted molar refractivity (Wildman–Crippen MR) is 102 cm³/mol. The summed E-state index contributed by atoms with van der Waals surface area (Å²) in [6, 6.07) is 9.53. The molecule has 1 saturated carbocycles. The van der Waals surface area contributed by atoms with Gasteiger partial charge in [0.25, 0.3) is 0 Å². The fourth-order valence-corrected chi connectivity index (χ4v) is 4.34. The summed E-state index contributed by atoms with van der Waals surface area (Å²) >= 11 is 1.67. The molecule has 1 aromatic carbocycles. The Hall–Kier alpha value is -2.34. The molecular formula is C20H24N2O3S. The predicted octanol–water partition coefficient (Wildman–Crippen LogP) is 3.00. The summed E-state index contributed by atoms with van der Waals surface area (Å²) in [6.45, 7) is 0.800. The molecule has 1 aliphatic rings. The molecule has 0 atom stereocenters. The normalized spacial score (nSPS) is 15.4. The van der Waals surface area contributed by atoms with Crippen LogP contribution in [-0.4, -0.2) is 25.5 Å². The maximum absolute atomic E-state index is 12.2. The lowest BCUT2D eigenvalue weighted by Gasteiger charge is -2.28. The largest absolute Gasteiger partial charge is 0.497 e. The standard InChI is InChI=1S/C20H24N2O3S/c1-25-17-6-4-5-15(11-17)12-21-18(23)19(24)22-14-20(8-2-3-9-20)16-7-10-26-13-16/h4-7,10-11,13H,2-3,8-9,12,14H2,1H3,(H,21,23)(H,22,24). The number of thiophene rings is 1. The Morgan fingerprint density at radius 1 is 1.15 bits per heavy atom. The molecule has 0 bridgehead atoms. The first kappa shape index (κ1) is 18.5. The number of carbonyl (C=O) groups excluding carboxylic acids is 2. The highest BCUT2D eigenvalue weighted by atomic mass is 32.1. The van der Waals surface area contributed by atoms with Crippen molar-refractivity contribution in [3.8, 4) is 5.75 Å². The van der Waals surface area contributed by atoms with Crippen LogP contribution in [0.25, 0.3) is 0 Å². The van der Waals surface area contributed by atoms with E-state index >= 15 is 0 Å². The Morgan fingerprint density at radius 3 is 2.62 bits per heavy atom. The minimum absolute atomic E-state index is 0.0251. The SMILES string of the molecule is COc1cccc(CNC(=O)C(=O)NCC2(c3ccsc3)CCCC2)c1. The first-order chi connectivity index (χ1) is 12.6. The number of rotatable bonds is 6. The molecule has 5 nitrogen and oxygen atoms in total. The fourth-order valence-electron chi connectivity index (χ4n) is 3.56. The average Bonchev–Trinajstić information content (AvgIpc) is 3.36. The third-order valence-corrected chi connectivity index (χ3v) is 5.76. The lowest BCUT2D eigenvalue weighted by molar-refractivity contribution is -0.139. The van der Waals surface area contributed by atoms with Crippen LogP contribution < -0.4 is 15.4 Å². The van der Waals surface area contributed by atoms with E-state index in [-0.39, 0.29) is 5.41 Å². The van der Waals surface area contributed by atoms with E-state index in [0.29, 0.717) is 13.1 Å². The van der Waals surface area contributed by atoms with Crippen molar-refractivity contribution in [3.63, 3.8) is 0 Å². The van der Waals surface area contributed by atoms with Crippen molar-refractivity contribution in [2.75, 3.05) is 13.7 Å². The maximum atomic E-state index is 12.2.